The maximum absolute atomic E-state index is 2.39. The Kier molecular flexibility index (Phi) is 4.83. The van der Waals surface area contributed by atoms with E-state index in [1.807, 2.05) is 0 Å². The zero-order valence-corrected chi connectivity index (χ0v) is 9.68. The van der Waals surface area contributed by atoms with Gasteiger partial charge in [-0.05, 0) is 30.6 Å². The fourth-order valence-corrected chi connectivity index (χ4v) is 2.89. The molecule has 0 bridgehead atoms. The summed E-state index contributed by atoms with van der Waals surface area (Å²) >= 11 is 0. The van der Waals surface area contributed by atoms with Crippen molar-refractivity contribution >= 4 is 0 Å². The zero-order valence-electron chi connectivity index (χ0n) is 9.68. The first-order chi connectivity index (χ1) is 6.33. The first-order valence-corrected chi connectivity index (χ1v) is 6.33. The van der Waals surface area contributed by atoms with Gasteiger partial charge in [0.2, 0.25) is 0 Å². The molecule has 0 radical (unpaired) electrons. The van der Waals surface area contributed by atoms with Crippen molar-refractivity contribution < 1.29 is 0 Å². The van der Waals surface area contributed by atoms with E-state index in [4.69, 9.17) is 0 Å². The Bertz CT molecular complexity index is 118. The van der Waals surface area contributed by atoms with Crippen molar-refractivity contribution in [3.63, 3.8) is 0 Å². The van der Waals surface area contributed by atoms with Crippen LogP contribution >= 0.6 is 0 Å². The third-order valence-corrected chi connectivity index (χ3v) is 3.62. The van der Waals surface area contributed by atoms with Crippen LogP contribution in [0.15, 0.2) is 0 Å². The van der Waals surface area contributed by atoms with Crippen molar-refractivity contribution in [1.82, 2.24) is 0 Å². The van der Waals surface area contributed by atoms with Crippen LogP contribution in [0.1, 0.15) is 65.7 Å². The second-order valence-corrected chi connectivity index (χ2v) is 4.75. The minimum absolute atomic E-state index is 1.05. The van der Waals surface area contributed by atoms with Gasteiger partial charge in [0.15, 0.2) is 0 Å². The maximum Gasteiger partial charge on any atom is -0.0360 e. The topological polar surface area (TPSA) is 0 Å². The SMILES string of the molecule is CCCC(CCC)C(CC)C1CC1. The third kappa shape index (κ3) is 3.32. The van der Waals surface area contributed by atoms with E-state index in [-0.39, 0.29) is 0 Å². The van der Waals surface area contributed by atoms with E-state index >= 15 is 0 Å². The number of hydrogen-bond donors (Lipinski definition) is 0. The second-order valence-electron chi connectivity index (χ2n) is 4.75. The fourth-order valence-electron chi connectivity index (χ4n) is 2.89. The molecule has 0 aromatic carbocycles. The Morgan fingerprint density at radius 3 is 1.85 bits per heavy atom. The predicted octanol–water partition coefficient (Wildman–Crippen LogP) is 4.64. The maximum atomic E-state index is 2.39. The van der Waals surface area contributed by atoms with Gasteiger partial charge in [0.1, 0.15) is 0 Å². The summed E-state index contributed by atoms with van der Waals surface area (Å²) in [6.07, 6.45) is 10.2. The number of rotatable bonds is 7. The summed E-state index contributed by atoms with van der Waals surface area (Å²) in [5, 5.41) is 0. The molecule has 1 unspecified atom stereocenters. The Labute approximate surface area is 84.1 Å². The normalized spacial score (nSPS) is 19.4. The minimum Gasteiger partial charge on any atom is -0.0654 e. The van der Waals surface area contributed by atoms with Crippen LogP contribution in [-0.2, 0) is 0 Å². The van der Waals surface area contributed by atoms with Gasteiger partial charge in [0.25, 0.3) is 0 Å². The van der Waals surface area contributed by atoms with Crippen LogP contribution in [-0.4, -0.2) is 0 Å². The quantitative estimate of drug-likeness (QED) is 0.538. The molecule has 0 N–H and O–H groups in total. The average Bonchev–Trinajstić information content (AvgIpc) is 2.90. The van der Waals surface area contributed by atoms with E-state index in [0.29, 0.717) is 0 Å². The molecule has 0 aromatic heterocycles. The monoisotopic (exact) mass is 182 g/mol. The van der Waals surface area contributed by atoms with Crippen LogP contribution in [0, 0.1) is 17.8 Å². The largest absolute Gasteiger partial charge is 0.0654 e. The highest BCUT2D eigenvalue weighted by molar-refractivity contribution is 4.84. The Hall–Kier alpha value is 0. The van der Waals surface area contributed by atoms with E-state index in [9.17, 15) is 0 Å². The Morgan fingerprint density at radius 1 is 1.00 bits per heavy atom. The molecule has 0 spiro atoms. The van der Waals surface area contributed by atoms with E-state index in [1.54, 1.807) is 0 Å². The highest BCUT2D eigenvalue weighted by Gasteiger charge is 2.34. The van der Waals surface area contributed by atoms with Crippen LogP contribution in [0.25, 0.3) is 0 Å². The minimum atomic E-state index is 1.05. The molecule has 1 saturated carbocycles. The van der Waals surface area contributed by atoms with E-state index in [2.05, 4.69) is 20.8 Å². The summed E-state index contributed by atoms with van der Waals surface area (Å²) in [4.78, 5) is 0. The lowest BCUT2D eigenvalue weighted by molar-refractivity contribution is 0.251. The summed E-state index contributed by atoms with van der Waals surface area (Å²) < 4.78 is 0. The molecule has 1 fully saturated rings. The van der Waals surface area contributed by atoms with Gasteiger partial charge in [0.05, 0.1) is 0 Å². The lowest BCUT2D eigenvalue weighted by Gasteiger charge is -2.25. The summed E-state index contributed by atoms with van der Waals surface area (Å²) in [5.74, 6) is 3.24. The third-order valence-electron chi connectivity index (χ3n) is 3.62. The van der Waals surface area contributed by atoms with Crippen molar-refractivity contribution in [2.45, 2.75) is 65.7 Å². The van der Waals surface area contributed by atoms with Crippen LogP contribution < -0.4 is 0 Å². The molecule has 1 aliphatic carbocycles. The fraction of sp³-hybridized carbons (Fsp3) is 1.00. The highest BCUT2D eigenvalue weighted by atomic mass is 14.4. The van der Waals surface area contributed by atoms with Crippen molar-refractivity contribution in [2.75, 3.05) is 0 Å². The van der Waals surface area contributed by atoms with Crippen LogP contribution in [0.2, 0.25) is 0 Å². The van der Waals surface area contributed by atoms with Gasteiger partial charge >= 0.3 is 0 Å². The first kappa shape index (κ1) is 11.1. The van der Waals surface area contributed by atoms with E-state index < -0.39 is 0 Å². The van der Waals surface area contributed by atoms with Crippen molar-refractivity contribution in [1.29, 1.82) is 0 Å². The summed E-state index contributed by atoms with van der Waals surface area (Å²) in [6.45, 7) is 7.06. The van der Waals surface area contributed by atoms with Gasteiger partial charge in [-0.25, -0.2) is 0 Å². The van der Waals surface area contributed by atoms with Crippen molar-refractivity contribution in [3.05, 3.63) is 0 Å². The smallest absolute Gasteiger partial charge is 0.0360 e. The van der Waals surface area contributed by atoms with Crippen molar-refractivity contribution in [2.24, 2.45) is 17.8 Å². The molecule has 0 saturated heterocycles. The molecule has 0 aromatic rings. The van der Waals surface area contributed by atoms with Crippen LogP contribution in [0.5, 0.6) is 0 Å². The lowest BCUT2D eigenvalue weighted by atomic mass is 9.80. The number of hydrogen-bond acceptors (Lipinski definition) is 0. The molecular weight excluding hydrogens is 156 g/mol. The lowest BCUT2D eigenvalue weighted by Crippen LogP contribution is -2.16. The van der Waals surface area contributed by atoms with E-state index in [1.165, 1.54) is 44.9 Å². The van der Waals surface area contributed by atoms with Crippen LogP contribution in [0.3, 0.4) is 0 Å². The van der Waals surface area contributed by atoms with Gasteiger partial charge in [-0.3, -0.25) is 0 Å². The van der Waals surface area contributed by atoms with Gasteiger partial charge in [-0.2, -0.15) is 0 Å². The molecule has 0 nitrogen and oxygen atoms in total. The summed E-state index contributed by atoms with van der Waals surface area (Å²) in [5.41, 5.74) is 0. The molecule has 0 amide bonds. The molecular formula is C13H26. The molecule has 78 valence electrons. The molecule has 1 aliphatic rings. The molecule has 0 heterocycles. The molecule has 13 heavy (non-hydrogen) atoms. The molecule has 0 aliphatic heterocycles. The second kappa shape index (κ2) is 5.67. The first-order valence-electron chi connectivity index (χ1n) is 6.33. The summed E-state index contributed by atoms with van der Waals surface area (Å²) in [7, 11) is 0. The molecule has 0 heteroatoms. The van der Waals surface area contributed by atoms with Crippen molar-refractivity contribution in [3.8, 4) is 0 Å². The zero-order chi connectivity index (χ0) is 9.68. The standard InChI is InChI=1S/C13H26/c1-4-7-11(8-5-2)13(6-3)12-9-10-12/h11-13H,4-10H2,1-3H3. The predicted molar refractivity (Wildman–Crippen MR) is 59.8 cm³/mol. The Balaban J connectivity index is 2.38. The molecule has 1 rings (SSSR count). The highest BCUT2D eigenvalue weighted by Crippen LogP contribution is 2.44. The van der Waals surface area contributed by atoms with E-state index in [0.717, 1.165) is 17.8 Å². The van der Waals surface area contributed by atoms with Gasteiger partial charge in [-0.15, -0.1) is 0 Å². The van der Waals surface area contributed by atoms with Gasteiger partial charge in [0, 0.05) is 0 Å². The molecule has 1 atom stereocenters. The Morgan fingerprint density at radius 2 is 1.54 bits per heavy atom. The van der Waals surface area contributed by atoms with Gasteiger partial charge in [-0.1, -0.05) is 52.9 Å². The van der Waals surface area contributed by atoms with Crippen LogP contribution in [0.4, 0.5) is 0 Å². The van der Waals surface area contributed by atoms with Gasteiger partial charge < -0.3 is 0 Å². The average molecular weight is 182 g/mol. The summed E-state index contributed by atoms with van der Waals surface area (Å²) in [6, 6.07) is 0.